The first-order valence-corrected chi connectivity index (χ1v) is 4.00. The lowest BCUT2D eigenvalue weighted by Gasteiger charge is -2.13. The molecular weight excluding hydrogens is 154 g/mol. The monoisotopic (exact) mass is 169 g/mol. The third-order valence-electron chi connectivity index (χ3n) is 1.51. The molecule has 1 N–H and O–H groups in total. The molecule has 1 atom stereocenters. The van der Waals surface area contributed by atoms with Crippen molar-refractivity contribution in [1.29, 1.82) is 0 Å². The number of rotatable bonds is 5. The van der Waals surface area contributed by atoms with Gasteiger partial charge in [0.1, 0.15) is 6.04 Å². The predicted octanol–water partition coefficient (Wildman–Crippen LogP) is 0.551. The molecule has 1 unspecified atom stereocenters. The van der Waals surface area contributed by atoms with Gasteiger partial charge in [-0.2, -0.15) is 0 Å². The summed E-state index contributed by atoms with van der Waals surface area (Å²) in [7, 11) is 1.38. The number of methoxy groups -OCH3 is 1. The molecule has 0 bridgehead atoms. The maximum absolute atomic E-state index is 11.1. The Morgan fingerprint density at radius 3 is 2.83 bits per heavy atom. The largest absolute Gasteiger partial charge is 0.468 e. The van der Waals surface area contributed by atoms with Gasteiger partial charge in [0.05, 0.1) is 13.7 Å². The highest BCUT2D eigenvalue weighted by atomic mass is 16.5. The number of hydrogen-bond acceptors (Lipinski definition) is 3. The molecule has 0 saturated carbocycles. The summed E-state index contributed by atoms with van der Waals surface area (Å²) in [6.07, 6.45) is 6.74. The number of nitrogens with one attached hydrogen (secondary N) is 1. The third-order valence-corrected chi connectivity index (χ3v) is 1.51. The summed E-state index contributed by atoms with van der Waals surface area (Å²) in [4.78, 5) is 11.1. The molecule has 3 heteroatoms. The number of carbonyl (C=O) groups is 1. The lowest BCUT2D eigenvalue weighted by atomic mass is 10.2. The molecule has 0 spiro atoms. The Hall–Kier alpha value is -1.01. The minimum absolute atomic E-state index is 0.243. The standard InChI is InChI=1S/C9H15NO2/c1-4-6-8(9(11)12-3)10-7-5-2/h2,8,10H,4,6-7H2,1,3H3. The minimum Gasteiger partial charge on any atom is -0.468 e. The molecule has 0 aromatic carbocycles. The fourth-order valence-electron chi connectivity index (χ4n) is 0.916. The zero-order chi connectivity index (χ0) is 9.40. The van der Waals surface area contributed by atoms with Crippen LogP contribution in [0.4, 0.5) is 0 Å². The van der Waals surface area contributed by atoms with Crippen LogP contribution in [0.5, 0.6) is 0 Å². The van der Waals surface area contributed by atoms with E-state index in [-0.39, 0.29) is 12.0 Å². The SMILES string of the molecule is C#CCNC(CCC)C(=O)OC. The number of terminal acetylenes is 1. The molecule has 0 saturated heterocycles. The Morgan fingerprint density at radius 1 is 1.75 bits per heavy atom. The van der Waals surface area contributed by atoms with Crippen LogP contribution in [0.1, 0.15) is 19.8 Å². The van der Waals surface area contributed by atoms with Crippen LogP contribution in [0.25, 0.3) is 0 Å². The van der Waals surface area contributed by atoms with Crippen LogP contribution >= 0.6 is 0 Å². The Labute approximate surface area is 73.5 Å². The van der Waals surface area contributed by atoms with Crippen molar-refractivity contribution in [2.75, 3.05) is 13.7 Å². The fourth-order valence-corrected chi connectivity index (χ4v) is 0.916. The van der Waals surface area contributed by atoms with Crippen molar-refractivity contribution in [3.63, 3.8) is 0 Å². The van der Waals surface area contributed by atoms with E-state index in [4.69, 9.17) is 6.42 Å². The smallest absolute Gasteiger partial charge is 0.322 e. The molecule has 0 aliphatic carbocycles. The summed E-state index contributed by atoms with van der Waals surface area (Å²) in [5.74, 6) is 2.17. The molecule has 3 nitrogen and oxygen atoms in total. The number of esters is 1. The summed E-state index contributed by atoms with van der Waals surface area (Å²) in [5.41, 5.74) is 0. The molecule has 12 heavy (non-hydrogen) atoms. The van der Waals surface area contributed by atoms with Crippen molar-refractivity contribution < 1.29 is 9.53 Å². The second-order valence-electron chi connectivity index (χ2n) is 2.45. The second kappa shape index (κ2) is 6.68. The van der Waals surface area contributed by atoms with Crippen molar-refractivity contribution in [2.24, 2.45) is 0 Å². The number of carbonyl (C=O) groups excluding carboxylic acids is 1. The maximum Gasteiger partial charge on any atom is 0.322 e. The van der Waals surface area contributed by atoms with Gasteiger partial charge in [-0.15, -0.1) is 6.42 Å². The van der Waals surface area contributed by atoms with E-state index in [1.54, 1.807) is 0 Å². The highest BCUT2D eigenvalue weighted by Crippen LogP contribution is 1.97. The molecule has 0 aliphatic rings. The molecule has 0 aromatic rings. The van der Waals surface area contributed by atoms with Gasteiger partial charge in [0, 0.05) is 0 Å². The van der Waals surface area contributed by atoms with Gasteiger partial charge in [-0.1, -0.05) is 19.3 Å². The topological polar surface area (TPSA) is 38.3 Å². The van der Waals surface area contributed by atoms with Gasteiger partial charge in [-0.05, 0) is 6.42 Å². The zero-order valence-electron chi connectivity index (χ0n) is 7.59. The number of hydrogen-bond donors (Lipinski definition) is 1. The molecule has 0 aromatic heterocycles. The van der Waals surface area contributed by atoms with Crippen LogP contribution < -0.4 is 5.32 Å². The van der Waals surface area contributed by atoms with Crippen LogP contribution in [0.3, 0.4) is 0 Å². The van der Waals surface area contributed by atoms with Crippen molar-refractivity contribution in [3.05, 3.63) is 0 Å². The van der Waals surface area contributed by atoms with Crippen LogP contribution in [-0.4, -0.2) is 25.7 Å². The molecule has 0 radical (unpaired) electrons. The zero-order valence-corrected chi connectivity index (χ0v) is 7.59. The average molecular weight is 169 g/mol. The first kappa shape index (κ1) is 11.0. The molecule has 0 fully saturated rings. The Bertz CT molecular complexity index is 172. The molecule has 68 valence electrons. The van der Waals surface area contributed by atoms with E-state index in [1.165, 1.54) is 7.11 Å². The van der Waals surface area contributed by atoms with Gasteiger partial charge < -0.3 is 4.74 Å². The van der Waals surface area contributed by atoms with Crippen molar-refractivity contribution >= 4 is 5.97 Å². The summed E-state index contributed by atoms with van der Waals surface area (Å²) in [6.45, 7) is 2.41. The van der Waals surface area contributed by atoms with E-state index in [0.717, 1.165) is 12.8 Å². The van der Waals surface area contributed by atoms with E-state index in [9.17, 15) is 4.79 Å². The van der Waals surface area contributed by atoms with E-state index < -0.39 is 0 Å². The van der Waals surface area contributed by atoms with Gasteiger partial charge >= 0.3 is 5.97 Å². The Kier molecular flexibility index (Phi) is 6.12. The van der Waals surface area contributed by atoms with Crippen molar-refractivity contribution in [2.45, 2.75) is 25.8 Å². The summed E-state index contributed by atoms with van der Waals surface area (Å²) in [6, 6.07) is -0.254. The van der Waals surface area contributed by atoms with Crippen LogP contribution in [0, 0.1) is 12.3 Å². The van der Waals surface area contributed by atoms with Crippen LogP contribution in [0.2, 0.25) is 0 Å². The lowest BCUT2D eigenvalue weighted by Crippen LogP contribution is -2.37. The second-order valence-corrected chi connectivity index (χ2v) is 2.45. The summed E-state index contributed by atoms with van der Waals surface area (Å²) < 4.78 is 4.59. The van der Waals surface area contributed by atoms with Gasteiger partial charge in [0.2, 0.25) is 0 Å². The molecule has 0 aliphatic heterocycles. The highest BCUT2D eigenvalue weighted by molar-refractivity contribution is 5.75. The van der Waals surface area contributed by atoms with Gasteiger partial charge in [0.15, 0.2) is 0 Å². The Morgan fingerprint density at radius 2 is 2.42 bits per heavy atom. The first-order valence-electron chi connectivity index (χ1n) is 4.00. The van der Waals surface area contributed by atoms with E-state index >= 15 is 0 Å². The normalized spacial score (nSPS) is 11.8. The maximum atomic E-state index is 11.1. The van der Waals surface area contributed by atoms with Crippen LogP contribution in [-0.2, 0) is 9.53 Å². The van der Waals surface area contributed by atoms with Gasteiger partial charge in [-0.25, -0.2) is 0 Å². The predicted molar refractivity (Wildman–Crippen MR) is 47.5 cm³/mol. The van der Waals surface area contributed by atoms with E-state index in [2.05, 4.69) is 16.0 Å². The summed E-state index contributed by atoms with van der Waals surface area (Å²) >= 11 is 0. The van der Waals surface area contributed by atoms with Crippen molar-refractivity contribution in [1.82, 2.24) is 5.32 Å². The first-order chi connectivity index (χ1) is 5.76. The molecular formula is C9H15NO2. The van der Waals surface area contributed by atoms with Gasteiger partial charge in [-0.3, -0.25) is 10.1 Å². The van der Waals surface area contributed by atoms with E-state index in [0.29, 0.717) is 6.54 Å². The van der Waals surface area contributed by atoms with Crippen molar-refractivity contribution in [3.8, 4) is 12.3 Å². The molecule has 0 rings (SSSR count). The van der Waals surface area contributed by atoms with Gasteiger partial charge in [0.25, 0.3) is 0 Å². The number of ether oxygens (including phenoxy) is 1. The fraction of sp³-hybridized carbons (Fsp3) is 0.667. The highest BCUT2D eigenvalue weighted by Gasteiger charge is 2.15. The quantitative estimate of drug-likeness (QED) is 0.482. The Balaban J connectivity index is 3.86. The lowest BCUT2D eigenvalue weighted by molar-refractivity contribution is -0.143. The average Bonchev–Trinajstić information content (AvgIpc) is 2.11. The minimum atomic E-state index is -0.254. The third kappa shape index (κ3) is 3.99. The molecule has 0 heterocycles. The summed E-state index contributed by atoms with van der Waals surface area (Å²) in [5, 5.41) is 2.91. The van der Waals surface area contributed by atoms with E-state index in [1.807, 2.05) is 6.92 Å². The molecule has 0 amide bonds. The van der Waals surface area contributed by atoms with Crippen LogP contribution in [0.15, 0.2) is 0 Å².